The van der Waals surface area contributed by atoms with Gasteiger partial charge in [-0.3, -0.25) is 4.99 Å². The second-order valence-electron chi connectivity index (χ2n) is 6.02. The van der Waals surface area contributed by atoms with Crippen LogP contribution in [0.15, 0.2) is 29.3 Å². The number of hydrogen-bond donors (Lipinski definition) is 2. The molecule has 116 valence electrons. The van der Waals surface area contributed by atoms with Gasteiger partial charge in [0, 0.05) is 19.6 Å². The SMILES string of the molecule is CN=C(NCCc1ccc(OC(C)C)cc1)NC1CC1C. The average Bonchev–Trinajstić information content (AvgIpc) is 3.14. The van der Waals surface area contributed by atoms with Gasteiger partial charge in [-0.15, -0.1) is 0 Å². The summed E-state index contributed by atoms with van der Waals surface area (Å²) in [5, 5.41) is 6.79. The fourth-order valence-corrected chi connectivity index (χ4v) is 2.23. The summed E-state index contributed by atoms with van der Waals surface area (Å²) in [5.41, 5.74) is 1.30. The van der Waals surface area contributed by atoms with Gasteiger partial charge in [0.1, 0.15) is 5.75 Å². The number of hydrogen-bond acceptors (Lipinski definition) is 2. The van der Waals surface area contributed by atoms with Crippen molar-refractivity contribution in [2.24, 2.45) is 10.9 Å². The number of aliphatic imine (C=N–C) groups is 1. The third-order valence-corrected chi connectivity index (χ3v) is 3.66. The third kappa shape index (κ3) is 5.29. The van der Waals surface area contributed by atoms with E-state index in [2.05, 4.69) is 34.7 Å². The van der Waals surface area contributed by atoms with Crippen LogP contribution in [-0.4, -0.2) is 31.7 Å². The Morgan fingerprint density at radius 3 is 2.52 bits per heavy atom. The minimum atomic E-state index is 0.219. The summed E-state index contributed by atoms with van der Waals surface area (Å²) < 4.78 is 5.65. The first-order chi connectivity index (χ1) is 10.1. The van der Waals surface area contributed by atoms with Gasteiger partial charge in [0.05, 0.1) is 6.10 Å². The minimum absolute atomic E-state index is 0.219. The summed E-state index contributed by atoms with van der Waals surface area (Å²) in [6.07, 6.45) is 2.44. The Labute approximate surface area is 128 Å². The zero-order valence-corrected chi connectivity index (χ0v) is 13.5. The maximum Gasteiger partial charge on any atom is 0.191 e. The first-order valence-corrected chi connectivity index (χ1v) is 7.81. The Bertz CT molecular complexity index is 467. The zero-order chi connectivity index (χ0) is 15.2. The van der Waals surface area contributed by atoms with E-state index in [1.54, 1.807) is 0 Å². The normalized spacial score (nSPS) is 21.3. The van der Waals surface area contributed by atoms with Crippen molar-refractivity contribution in [3.8, 4) is 5.75 Å². The van der Waals surface area contributed by atoms with Crippen molar-refractivity contribution < 1.29 is 4.74 Å². The number of benzene rings is 1. The largest absolute Gasteiger partial charge is 0.491 e. The second kappa shape index (κ2) is 7.34. The molecule has 2 N–H and O–H groups in total. The lowest BCUT2D eigenvalue weighted by Crippen LogP contribution is -2.39. The minimum Gasteiger partial charge on any atom is -0.491 e. The lowest BCUT2D eigenvalue weighted by atomic mass is 10.1. The van der Waals surface area contributed by atoms with E-state index in [1.807, 2.05) is 33.0 Å². The van der Waals surface area contributed by atoms with Crippen LogP contribution >= 0.6 is 0 Å². The van der Waals surface area contributed by atoms with Gasteiger partial charge < -0.3 is 15.4 Å². The molecule has 4 nitrogen and oxygen atoms in total. The van der Waals surface area contributed by atoms with E-state index in [4.69, 9.17) is 4.74 Å². The van der Waals surface area contributed by atoms with Gasteiger partial charge >= 0.3 is 0 Å². The zero-order valence-electron chi connectivity index (χ0n) is 13.5. The summed E-state index contributed by atoms with van der Waals surface area (Å²) in [7, 11) is 1.82. The van der Waals surface area contributed by atoms with Crippen LogP contribution in [0.1, 0.15) is 32.8 Å². The molecule has 1 aliphatic rings. The Morgan fingerprint density at radius 2 is 2.00 bits per heavy atom. The third-order valence-electron chi connectivity index (χ3n) is 3.66. The molecule has 1 aliphatic carbocycles. The van der Waals surface area contributed by atoms with Gasteiger partial charge in [0.25, 0.3) is 0 Å². The second-order valence-corrected chi connectivity index (χ2v) is 6.02. The molecule has 0 radical (unpaired) electrons. The molecule has 0 aromatic heterocycles. The summed E-state index contributed by atoms with van der Waals surface area (Å²) in [6, 6.07) is 8.92. The van der Waals surface area contributed by atoms with Crippen molar-refractivity contribution in [2.45, 2.75) is 45.8 Å². The maximum absolute atomic E-state index is 5.65. The highest BCUT2D eigenvalue weighted by Gasteiger charge is 2.33. The maximum atomic E-state index is 5.65. The van der Waals surface area contributed by atoms with E-state index in [0.29, 0.717) is 6.04 Å². The standard InChI is InChI=1S/C17H27N3O/c1-12(2)21-15-7-5-14(6-8-15)9-10-19-17(18-4)20-16-11-13(16)3/h5-8,12-13,16H,9-11H2,1-4H3,(H2,18,19,20). The van der Waals surface area contributed by atoms with Gasteiger partial charge in [-0.2, -0.15) is 0 Å². The number of ether oxygens (including phenoxy) is 1. The van der Waals surface area contributed by atoms with E-state index in [0.717, 1.165) is 30.6 Å². The molecule has 0 amide bonds. The predicted octanol–water partition coefficient (Wildman–Crippen LogP) is 2.59. The number of nitrogens with zero attached hydrogens (tertiary/aromatic N) is 1. The first kappa shape index (κ1) is 15.7. The fraction of sp³-hybridized carbons (Fsp3) is 0.588. The molecule has 1 fully saturated rings. The Kier molecular flexibility index (Phi) is 5.48. The molecule has 0 aliphatic heterocycles. The van der Waals surface area contributed by atoms with E-state index < -0.39 is 0 Å². The Balaban J connectivity index is 1.72. The molecule has 2 unspecified atom stereocenters. The molecule has 2 atom stereocenters. The molecule has 0 bridgehead atoms. The summed E-state index contributed by atoms with van der Waals surface area (Å²) in [6.45, 7) is 7.21. The van der Waals surface area contributed by atoms with Crippen LogP contribution in [0.2, 0.25) is 0 Å². The molecule has 0 heterocycles. The lowest BCUT2D eigenvalue weighted by molar-refractivity contribution is 0.242. The molecule has 0 spiro atoms. The van der Waals surface area contributed by atoms with Crippen molar-refractivity contribution in [1.82, 2.24) is 10.6 Å². The van der Waals surface area contributed by atoms with Gasteiger partial charge in [-0.25, -0.2) is 0 Å². The molecular formula is C17H27N3O. The van der Waals surface area contributed by atoms with Crippen molar-refractivity contribution >= 4 is 5.96 Å². The van der Waals surface area contributed by atoms with Crippen LogP contribution in [-0.2, 0) is 6.42 Å². The van der Waals surface area contributed by atoms with Crippen molar-refractivity contribution in [3.05, 3.63) is 29.8 Å². The summed E-state index contributed by atoms with van der Waals surface area (Å²) in [5.74, 6) is 2.61. The Hall–Kier alpha value is -1.71. The van der Waals surface area contributed by atoms with Crippen molar-refractivity contribution in [1.29, 1.82) is 0 Å². The molecule has 1 aromatic carbocycles. The molecule has 21 heavy (non-hydrogen) atoms. The molecular weight excluding hydrogens is 262 g/mol. The van der Waals surface area contributed by atoms with Gasteiger partial charge in [0.15, 0.2) is 5.96 Å². The van der Waals surface area contributed by atoms with Gasteiger partial charge in [0.2, 0.25) is 0 Å². The van der Waals surface area contributed by atoms with E-state index in [9.17, 15) is 0 Å². The van der Waals surface area contributed by atoms with Crippen LogP contribution in [0.5, 0.6) is 5.75 Å². The molecule has 1 saturated carbocycles. The Morgan fingerprint density at radius 1 is 1.33 bits per heavy atom. The fourth-order valence-electron chi connectivity index (χ4n) is 2.23. The highest BCUT2D eigenvalue weighted by atomic mass is 16.5. The number of rotatable bonds is 6. The molecule has 4 heteroatoms. The van der Waals surface area contributed by atoms with Crippen molar-refractivity contribution in [2.75, 3.05) is 13.6 Å². The smallest absolute Gasteiger partial charge is 0.191 e. The average molecular weight is 289 g/mol. The van der Waals surface area contributed by atoms with E-state index in [-0.39, 0.29) is 6.10 Å². The highest BCUT2D eigenvalue weighted by molar-refractivity contribution is 5.80. The molecule has 1 aromatic rings. The van der Waals surface area contributed by atoms with Crippen LogP contribution in [0.25, 0.3) is 0 Å². The summed E-state index contributed by atoms with van der Waals surface area (Å²) in [4.78, 5) is 4.26. The first-order valence-electron chi connectivity index (χ1n) is 7.81. The van der Waals surface area contributed by atoms with Crippen molar-refractivity contribution in [3.63, 3.8) is 0 Å². The molecule has 2 rings (SSSR count). The monoisotopic (exact) mass is 289 g/mol. The highest BCUT2D eigenvalue weighted by Crippen LogP contribution is 2.28. The van der Waals surface area contributed by atoms with Gasteiger partial charge in [-0.05, 0) is 50.3 Å². The van der Waals surface area contributed by atoms with Crippen LogP contribution in [0, 0.1) is 5.92 Å². The van der Waals surface area contributed by atoms with Crippen LogP contribution in [0.3, 0.4) is 0 Å². The molecule has 0 saturated heterocycles. The predicted molar refractivity (Wildman–Crippen MR) is 88.0 cm³/mol. The quantitative estimate of drug-likeness (QED) is 0.625. The van der Waals surface area contributed by atoms with E-state index >= 15 is 0 Å². The van der Waals surface area contributed by atoms with E-state index in [1.165, 1.54) is 12.0 Å². The van der Waals surface area contributed by atoms with Gasteiger partial charge in [-0.1, -0.05) is 19.1 Å². The van der Waals surface area contributed by atoms with Crippen LogP contribution in [0.4, 0.5) is 0 Å². The summed E-state index contributed by atoms with van der Waals surface area (Å²) >= 11 is 0. The topological polar surface area (TPSA) is 45.7 Å². The number of nitrogens with one attached hydrogen (secondary N) is 2. The van der Waals surface area contributed by atoms with Crippen LogP contribution < -0.4 is 15.4 Å². The lowest BCUT2D eigenvalue weighted by Gasteiger charge is -2.12. The number of guanidine groups is 1.